The molecule has 1 fully saturated rings. The topological polar surface area (TPSA) is 43.6 Å². The lowest BCUT2D eigenvalue weighted by molar-refractivity contribution is 0.635. The zero-order valence-corrected chi connectivity index (χ0v) is 11.9. The summed E-state index contributed by atoms with van der Waals surface area (Å²) < 4.78 is 2.99. The summed E-state index contributed by atoms with van der Waals surface area (Å²) in [5.74, 6) is 1.52. The Labute approximate surface area is 115 Å². The lowest BCUT2D eigenvalue weighted by atomic mass is 10.1. The van der Waals surface area contributed by atoms with Crippen molar-refractivity contribution >= 4 is 15.9 Å². The van der Waals surface area contributed by atoms with E-state index in [1.165, 1.54) is 31.2 Å². The van der Waals surface area contributed by atoms with E-state index >= 15 is 0 Å². The first-order valence-corrected chi connectivity index (χ1v) is 7.10. The number of hydrogen-bond donors (Lipinski definition) is 0. The van der Waals surface area contributed by atoms with Crippen LogP contribution >= 0.6 is 15.9 Å². The van der Waals surface area contributed by atoms with Gasteiger partial charge in [0.25, 0.3) is 0 Å². The van der Waals surface area contributed by atoms with Crippen LogP contribution in [0.1, 0.15) is 43.0 Å². The van der Waals surface area contributed by atoms with Crippen molar-refractivity contribution in [2.24, 2.45) is 0 Å². The van der Waals surface area contributed by atoms with Crippen LogP contribution in [0.5, 0.6) is 0 Å². The Balaban J connectivity index is 2.06. The standard InChI is InChI=1S/C13H15BrN4/c1-9-11(14)7-4-8-12(9)18-13(15-16-17-18)10-5-2-3-6-10/h4,7-8,10H,2-3,5-6H2,1H3. The molecule has 1 aliphatic rings. The van der Waals surface area contributed by atoms with Crippen LogP contribution in [0.3, 0.4) is 0 Å². The smallest absolute Gasteiger partial charge is 0.159 e. The lowest BCUT2D eigenvalue weighted by Crippen LogP contribution is -2.08. The molecule has 0 radical (unpaired) electrons. The zero-order valence-electron chi connectivity index (χ0n) is 10.3. The van der Waals surface area contributed by atoms with Crippen molar-refractivity contribution in [2.75, 3.05) is 0 Å². The summed E-state index contributed by atoms with van der Waals surface area (Å²) in [6, 6.07) is 6.12. The summed E-state index contributed by atoms with van der Waals surface area (Å²) in [7, 11) is 0. The maximum Gasteiger partial charge on any atom is 0.159 e. The highest BCUT2D eigenvalue weighted by Gasteiger charge is 2.24. The molecule has 3 rings (SSSR count). The van der Waals surface area contributed by atoms with E-state index in [4.69, 9.17) is 0 Å². The van der Waals surface area contributed by atoms with Gasteiger partial charge in [-0.15, -0.1) is 5.10 Å². The van der Waals surface area contributed by atoms with Gasteiger partial charge in [-0.05, 0) is 47.9 Å². The number of rotatable bonds is 2. The molecule has 0 bridgehead atoms. The average molecular weight is 307 g/mol. The van der Waals surface area contributed by atoms with E-state index < -0.39 is 0 Å². The Morgan fingerprint density at radius 2 is 2.06 bits per heavy atom. The fraction of sp³-hybridized carbons (Fsp3) is 0.462. The predicted molar refractivity (Wildman–Crippen MR) is 72.8 cm³/mol. The van der Waals surface area contributed by atoms with Gasteiger partial charge in [-0.2, -0.15) is 4.68 Å². The minimum atomic E-state index is 0.512. The molecule has 4 nitrogen and oxygen atoms in total. The van der Waals surface area contributed by atoms with Gasteiger partial charge in [-0.3, -0.25) is 0 Å². The molecular formula is C13H15BrN4. The summed E-state index contributed by atoms with van der Waals surface area (Å²) in [6.45, 7) is 2.08. The Bertz CT molecular complexity index is 558. The minimum Gasteiger partial charge on any atom is -0.197 e. The molecule has 0 saturated heterocycles. The van der Waals surface area contributed by atoms with Crippen LogP contribution in [-0.4, -0.2) is 20.2 Å². The van der Waals surface area contributed by atoms with Gasteiger partial charge in [0.15, 0.2) is 5.82 Å². The van der Waals surface area contributed by atoms with Crippen molar-refractivity contribution in [3.63, 3.8) is 0 Å². The van der Waals surface area contributed by atoms with Gasteiger partial charge in [-0.1, -0.05) is 34.8 Å². The predicted octanol–water partition coefficient (Wildman–Crippen LogP) is 3.39. The highest BCUT2D eigenvalue weighted by atomic mass is 79.9. The summed E-state index contributed by atoms with van der Waals surface area (Å²) in [6.07, 6.45) is 4.98. The Morgan fingerprint density at radius 1 is 1.28 bits per heavy atom. The second-order valence-electron chi connectivity index (χ2n) is 4.81. The van der Waals surface area contributed by atoms with Crippen LogP contribution in [-0.2, 0) is 0 Å². The van der Waals surface area contributed by atoms with E-state index in [0.29, 0.717) is 5.92 Å². The molecule has 0 N–H and O–H groups in total. The second-order valence-corrected chi connectivity index (χ2v) is 5.67. The normalized spacial score (nSPS) is 16.3. The highest BCUT2D eigenvalue weighted by molar-refractivity contribution is 9.10. The van der Waals surface area contributed by atoms with Gasteiger partial charge in [0, 0.05) is 10.4 Å². The summed E-state index contributed by atoms with van der Waals surface area (Å²) in [4.78, 5) is 0. The molecule has 0 unspecified atom stereocenters. The first-order valence-electron chi connectivity index (χ1n) is 6.31. The van der Waals surface area contributed by atoms with Crippen molar-refractivity contribution in [1.82, 2.24) is 20.2 Å². The third kappa shape index (κ3) is 1.96. The summed E-state index contributed by atoms with van der Waals surface area (Å²) in [5, 5.41) is 12.3. The molecule has 18 heavy (non-hydrogen) atoms. The first-order chi connectivity index (χ1) is 8.77. The summed E-state index contributed by atoms with van der Waals surface area (Å²) in [5.41, 5.74) is 2.24. The second kappa shape index (κ2) is 4.80. The molecule has 1 aromatic heterocycles. The number of nitrogens with zero attached hydrogens (tertiary/aromatic N) is 4. The molecule has 1 saturated carbocycles. The number of benzene rings is 1. The minimum absolute atomic E-state index is 0.512. The number of hydrogen-bond acceptors (Lipinski definition) is 3. The molecule has 0 spiro atoms. The maximum absolute atomic E-state index is 4.23. The van der Waals surface area contributed by atoms with Crippen molar-refractivity contribution in [1.29, 1.82) is 0 Å². The zero-order chi connectivity index (χ0) is 12.5. The Morgan fingerprint density at radius 3 is 2.83 bits per heavy atom. The highest BCUT2D eigenvalue weighted by Crippen LogP contribution is 2.34. The molecule has 2 aromatic rings. The van der Waals surface area contributed by atoms with Crippen LogP contribution in [0.4, 0.5) is 0 Å². The van der Waals surface area contributed by atoms with E-state index in [1.54, 1.807) is 0 Å². The van der Waals surface area contributed by atoms with Gasteiger partial charge >= 0.3 is 0 Å². The van der Waals surface area contributed by atoms with Crippen LogP contribution in [0, 0.1) is 6.92 Å². The van der Waals surface area contributed by atoms with Crippen LogP contribution in [0.25, 0.3) is 5.69 Å². The van der Waals surface area contributed by atoms with E-state index in [-0.39, 0.29) is 0 Å². The molecule has 5 heteroatoms. The fourth-order valence-electron chi connectivity index (χ4n) is 2.63. The van der Waals surface area contributed by atoms with Crippen LogP contribution < -0.4 is 0 Å². The molecule has 1 aliphatic carbocycles. The van der Waals surface area contributed by atoms with Gasteiger partial charge in [0.1, 0.15) is 0 Å². The first kappa shape index (κ1) is 11.8. The SMILES string of the molecule is Cc1c(Br)cccc1-n1nnnc1C1CCCC1. The van der Waals surface area contributed by atoms with E-state index in [2.05, 4.69) is 44.4 Å². The quantitative estimate of drug-likeness (QED) is 0.854. The molecule has 94 valence electrons. The van der Waals surface area contributed by atoms with E-state index in [0.717, 1.165) is 16.0 Å². The third-order valence-corrected chi connectivity index (χ3v) is 4.54. The lowest BCUT2D eigenvalue weighted by Gasteiger charge is -2.12. The van der Waals surface area contributed by atoms with Gasteiger partial charge in [-0.25, -0.2) is 0 Å². The van der Waals surface area contributed by atoms with E-state index in [9.17, 15) is 0 Å². The summed E-state index contributed by atoms with van der Waals surface area (Å²) >= 11 is 3.56. The van der Waals surface area contributed by atoms with Crippen molar-refractivity contribution in [3.8, 4) is 5.69 Å². The number of aromatic nitrogens is 4. The largest absolute Gasteiger partial charge is 0.197 e. The van der Waals surface area contributed by atoms with Crippen molar-refractivity contribution < 1.29 is 0 Å². The molecule has 1 aromatic carbocycles. The third-order valence-electron chi connectivity index (χ3n) is 3.68. The van der Waals surface area contributed by atoms with E-state index in [1.807, 2.05) is 16.8 Å². The molecule has 0 aliphatic heterocycles. The molecular weight excluding hydrogens is 292 g/mol. The van der Waals surface area contributed by atoms with Crippen LogP contribution in [0.2, 0.25) is 0 Å². The van der Waals surface area contributed by atoms with Gasteiger partial charge in [0.2, 0.25) is 0 Å². The Hall–Kier alpha value is -1.23. The van der Waals surface area contributed by atoms with Crippen LogP contribution in [0.15, 0.2) is 22.7 Å². The molecule has 1 heterocycles. The van der Waals surface area contributed by atoms with Crippen molar-refractivity contribution in [2.45, 2.75) is 38.5 Å². The Kier molecular flexibility index (Phi) is 3.16. The van der Waals surface area contributed by atoms with Gasteiger partial charge in [0.05, 0.1) is 5.69 Å². The van der Waals surface area contributed by atoms with Crippen molar-refractivity contribution in [3.05, 3.63) is 34.1 Å². The maximum atomic E-state index is 4.23. The number of tetrazole rings is 1. The number of halogens is 1. The monoisotopic (exact) mass is 306 g/mol. The molecule has 0 amide bonds. The fourth-order valence-corrected chi connectivity index (χ4v) is 2.99. The van der Waals surface area contributed by atoms with Gasteiger partial charge < -0.3 is 0 Å². The molecule has 0 atom stereocenters. The average Bonchev–Trinajstić information content (AvgIpc) is 3.01.